The van der Waals surface area contributed by atoms with E-state index in [-0.39, 0.29) is 34.2 Å². The van der Waals surface area contributed by atoms with Crippen LogP contribution in [0.3, 0.4) is 0 Å². The van der Waals surface area contributed by atoms with Gasteiger partial charge in [-0.05, 0) is 13.8 Å². The molecule has 31 heteroatoms. The van der Waals surface area contributed by atoms with Crippen molar-refractivity contribution in [1.29, 1.82) is 0 Å². The molecular formula is C25H36N10O18P3-. The summed E-state index contributed by atoms with van der Waals surface area (Å²) < 4.78 is 81.9. The maximum absolute atomic E-state index is 12.8. The van der Waals surface area contributed by atoms with Gasteiger partial charge in [-0.15, -0.1) is 0 Å². The van der Waals surface area contributed by atoms with Crippen LogP contribution in [-0.2, 0) is 57.4 Å². The van der Waals surface area contributed by atoms with E-state index in [9.17, 15) is 48.2 Å². The first-order valence-corrected chi connectivity index (χ1v) is 20.5. The van der Waals surface area contributed by atoms with Crippen molar-refractivity contribution in [3.05, 3.63) is 33.4 Å². The van der Waals surface area contributed by atoms with Crippen molar-refractivity contribution in [2.24, 2.45) is 7.05 Å². The van der Waals surface area contributed by atoms with E-state index in [4.69, 9.17) is 34.9 Å². The number of imidazole rings is 2. The molecule has 2 saturated heterocycles. The molecule has 4 aromatic rings. The number of aryl methyl sites for hydroxylation is 1. The summed E-state index contributed by atoms with van der Waals surface area (Å²) in [7, 11) is -15.2. The number of nitrogens with two attached hydrogens (primary N) is 2. The summed E-state index contributed by atoms with van der Waals surface area (Å²) in [4.78, 5) is 76.6. The predicted molar refractivity (Wildman–Crippen MR) is 178 cm³/mol. The second kappa shape index (κ2) is 15.7. The highest BCUT2D eigenvalue weighted by atomic mass is 31.3. The quantitative estimate of drug-likeness (QED) is 0.0446. The Bertz CT molecular complexity index is 2370. The number of rotatable bonds is 15. The van der Waals surface area contributed by atoms with Gasteiger partial charge in [0.15, 0.2) is 23.7 Å². The highest BCUT2D eigenvalue weighted by Gasteiger charge is 2.50. The van der Waals surface area contributed by atoms with Crippen LogP contribution in [0.2, 0.25) is 0 Å². The molecular weight excluding hydrogens is 821 g/mol. The molecule has 11 atom stereocenters. The van der Waals surface area contributed by atoms with Crippen molar-refractivity contribution in [3.8, 4) is 0 Å². The monoisotopic (exact) mass is 857 g/mol. The lowest BCUT2D eigenvalue weighted by Gasteiger charge is -2.31. The van der Waals surface area contributed by atoms with Crippen LogP contribution in [0.1, 0.15) is 26.3 Å². The molecule has 6 heterocycles. The minimum absolute atomic E-state index is 0.00595. The Morgan fingerprint density at radius 2 is 1.62 bits per heavy atom. The normalized spacial score (nSPS) is 28.9. The van der Waals surface area contributed by atoms with Gasteiger partial charge in [0.05, 0.1) is 32.7 Å². The smallest absolute Gasteiger partial charge is 0.478 e. The van der Waals surface area contributed by atoms with Crippen molar-refractivity contribution < 1.29 is 79.8 Å². The SMILES string of the molecule is COC1[C@@H](OC(C)C)[C@@H](COP(=O)(O)OP(=O)([O-])OP(=O)([O-])OC[C@H]2O[C@@H]([n+]3cn(C)c4c(=O)[nH]c(N)nc43)[C@@H](O)C2O)O[C@H]1n1cnc2c(=O)[nH]c(N)nc21. The van der Waals surface area contributed by atoms with Crippen molar-refractivity contribution in [3.63, 3.8) is 0 Å². The molecule has 9 N–H and O–H groups in total. The molecule has 5 unspecified atom stereocenters. The minimum atomic E-state index is -6.29. The van der Waals surface area contributed by atoms with Crippen molar-refractivity contribution >= 4 is 57.7 Å². The molecule has 0 radical (unpaired) electrons. The average Bonchev–Trinajstić information content (AvgIpc) is 3.80. The zero-order chi connectivity index (χ0) is 41.1. The molecule has 2 aliphatic heterocycles. The Kier molecular flexibility index (Phi) is 11.8. The van der Waals surface area contributed by atoms with Crippen LogP contribution in [0.4, 0.5) is 11.9 Å². The van der Waals surface area contributed by atoms with Crippen molar-refractivity contribution in [2.75, 3.05) is 31.8 Å². The third-order valence-electron chi connectivity index (χ3n) is 8.31. The number of phosphoric acid groups is 3. The standard InChI is InChI=1S/C25H37N10O18P3/c1-9(2)49-16-11(51-23(17(16)46-4)34-7-28-12-18(34)29-24(26)31-20(12)38)6-48-55(42,43)53-56(44,45)52-54(40,41)47-5-10-14(36)15(37)22(50-10)35-8-33(3)13-19(35)30-25(27)32-21(13)39/h7-11,14-17,22-23,36-37H,5-6H2,1-4H3,(H8-,26,27,29,30,31,32,38,39,40,41,42,43,44,45)/p-1/t10-,11-,14?,15+,16+,17?,22-,23-/m1/s1. The molecule has 0 aliphatic carbocycles. The lowest BCUT2D eigenvalue weighted by atomic mass is 10.1. The van der Waals surface area contributed by atoms with Gasteiger partial charge in [0.25, 0.3) is 32.7 Å². The van der Waals surface area contributed by atoms with E-state index in [1.807, 2.05) is 0 Å². The molecule has 0 aromatic carbocycles. The van der Waals surface area contributed by atoms with E-state index < -0.39 is 103 Å². The maximum Gasteiger partial charge on any atom is 0.478 e. The summed E-state index contributed by atoms with van der Waals surface area (Å²) in [5.41, 5.74) is 9.84. The van der Waals surface area contributed by atoms with Gasteiger partial charge in [0.2, 0.25) is 17.7 Å². The first kappa shape index (κ1) is 42.1. The van der Waals surface area contributed by atoms with Crippen LogP contribution in [0.25, 0.3) is 22.3 Å². The Morgan fingerprint density at radius 1 is 0.964 bits per heavy atom. The van der Waals surface area contributed by atoms with Crippen molar-refractivity contribution in [2.45, 2.75) is 69.0 Å². The summed E-state index contributed by atoms with van der Waals surface area (Å²) in [6, 6.07) is 0. The van der Waals surface area contributed by atoms with E-state index in [2.05, 4.69) is 38.1 Å². The van der Waals surface area contributed by atoms with E-state index in [1.165, 1.54) is 35.9 Å². The van der Waals surface area contributed by atoms with Crippen LogP contribution in [0.5, 0.6) is 0 Å². The van der Waals surface area contributed by atoms with Crippen LogP contribution in [0.15, 0.2) is 22.2 Å². The number of methoxy groups -OCH3 is 1. The number of hydrogen-bond donors (Lipinski definition) is 7. The first-order valence-electron chi connectivity index (χ1n) is 16.1. The second-order valence-corrected chi connectivity index (χ2v) is 17.2. The fraction of sp³-hybridized carbons (Fsp3) is 0.600. The largest absolute Gasteiger partial charge is 0.756 e. The molecule has 0 amide bonds. The lowest BCUT2D eigenvalue weighted by molar-refractivity contribution is -0.745. The predicted octanol–water partition coefficient (Wildman–Crippen LogP) is -3.72. The summed E-state index contributed by atoms with van der Waals surface area (Å²) in [6.45, 7) is 1.25. The molecule has 310 valence electrons. The van der Waals surface area contributed by atoms with Gasteiger partial charge in [-0.2, -0.15) is 4.98 Å². The number of aromatic nitrogens is 8. The van der Waals surface area contributed by atoms with Gasteiger partial charge < -0.3 is 59.8 Å². The number of aliphatic hydroxyl groups excluding tert-OH is 2. The van der Waals surface area contributed by atoms with Gasteiger partial charge >= 0.3 is 13.5 Å². The summed E-state index contributed by atoms with van der Waals surface area (Å²) >= 11 is 0. The van der Waals surface area contributed by atoms with Gasteiger partial charge in [-0.3, -0.25) is 42.3 Å². The zero-order valence-corrected chi connectivity index (χ0v) is 32.1. The third-order valence-corrected chi connectivity index (χ3v) is 12.5. The number of aliphatic hydroxyl groups is 2. The van der Waals surface area contributed by atoms with Crippen molar-refractivity contribution in [1.82, 2.24) is 34.1 Å². The molecule has 2 aliphatic rings. The van der Waals surface area contributed by atoms with E-state index >= 15 is 0 Å². The number of aromatic amines is 2. The molecule has 56 heavy (non-hydrogen) atoms. The maximum atomic E-state index is 12.8. The highest BCUT2D eigenvalue weighted by Crippen LogP contribution is 2.64. The Labute approximate surface area is 312 Å². The minimum Gasteiger partial charge on any atom is -0.756 e. The molecule has 6 rings (SSSR count). The molecule has 2 fully saturated rings. The second-order valence-electron chi connectivity index (χ2n) is 12.6. The van der Waals surface area contributed by atoms with Crippen LogP contribution in [-0.4, -0.2) is 112 Å². The van der Waals surface area contributed by atoms with E-state index in [0.29, 0.717) is 0 Å². The summed E-state index contributed by atoms with van der Waals surface area (Å²) in [5, 5.41) is 21.2. The first-order chi connectivity index (χ1) is 26.1. The third kappa shape index (κ3) is 8.65. The average molecular weight is 858 g/mol. The number of nitrogens with one attached hydrogen (secondary N) is 2. The number of fused-ring (bicyclic) bond motifs is 2. The zero-order valence-electron chi connectivity index (χ0n) is 29.4. The van der Waals surface area contributed by atoms with Gasteiger partial charge in [-0.25, -0.2) is 22.7 Å². The summed E-state index contributed by atoms with van der Waals surface area (Å²) in [5.74, 6) is -0.520. The number of phosphoric ester groups is 2. The van der Waals surface area contributed by atoms with Crippen LogP contribution < -0.4 is 36.9 Å². The van der Waals surface area contributed by atoms with Gasteiger partial charge in [0.1, 0.15) is 36.6 Å². The van der Waals surface area contributed by atoms with Crippen LogP contribution >= 0.6 is 23.5 Å². The number of H-pyrrole nitrogens is 2. The number of nitrogens with zero attached hydrogens (tertiary/aromatic N) is 6. The number of nitrogen functional groups attached to an aromatic ring is 2. The van der Waals surface area contributed by atoms with Crippen LogP contribution in [0, 0.1) is 0 Å². The molecule has 0 bridgehead atoms. The molecule has 0 spiro atoms. The lowest BCUT2D eigenvalue weighted by Crippen LogP contribution is -2.46. The van der Waals surface area contributed by atoms with Gasteiger partial charge in [0, 0.05) is 7.11 Å². The highest BCUT2D eigenvalue weighted by molar-refractivity contribution is 7.65. The van der Waals surface area contributed by atoms with Gasteiger partial charge in [-0.1, -0.05) is 4.98 Å². The Morgan fingerprint density at radius 3 is 2.30 bits per heavy atom. The number of anilines is 2. The Hall–Kier alpha value is -3.53. The molecule has 0 saturated carbocycles. The molecule has 28 nitrogen and oxygen atoms in total. The number of ether oxygens (including phenoxy) is 4. The number of hydrogen-bond acceptors (Lipinski definition) is 22. The fourth-order valence-electron chi connectivity index (χ4n) is 6.12. The fourth-order valence-corrected chi connectivity index (χ4v) is 9.54. The van der Waals surface area contributed by atoms with E-state index in [0.717, 1.165) is 4.57 Å². The van der Waals surface area contributed by atoms with E-state index in [1.54, 1.807) is 13.8 Å². The molecule has 4 aromatic heterocycles. The summed E-state index contributed by atoms with van der Waals surface area (Å²) in [6.07, 6.45) is -9.27. The topological polar surface area (TPSA) is 402 Å². The Balaban J connectivity index is 1.09.